The highest BCUT2D eigenvalue weighted by Crippen LogP contribution is 2.42. The maximum atomic E-state index is 12.9. The molecule has 3 rings (SSSR count). The average molecular weight is 461 g/mol. The zero-order chi connectivity index (χ0) is 21.2. The van der Waals surface area contributed by atoms with Crippen LogP contribution in [0.25, 0.3) is 0 Å². The summed E-state index contributed by atoms with van der Waals surface area (Å²) in [5.41, 5.74) is -0.829. The highest BCUT2D eigenvalue weighted by Gasteiger charge is 2.60. The van der Waals surface area contributed by atoms with Crippen LogP contribution in [-0.4, -0.2) is 64.2 Å². The number of alkyl halides is 1. The number of imide groups is 1. The average Bonchev–Trinajstić information content (AvgIpc) is 2.55. The first-order valence-electron chi connectivity index (χ1n) is 8.87. The molecule has 0 aromatic carbocycles. The molecule has 10 heteroatoms. The lowest BCUT2D eigenvalue weighted by Gasteiger charge is -2.53. The molecule has 2 saturated heterocycles. The van der Waals surface area contributed by atoms with Crippen LogP contribution in [-0.2, 0) is 23.8 Å². The predicted molar refractivity (Wildman–Crippen MR) is 102 cm³/mol. The summed E-state index contributed by atoms with van der Waals surface area (Å²) in [4.78, 5) is 49.7. The second-order valence-corrected chi connectivity index (χ2v) is 8.74. The molecule has 0 spiro atoms. The molecule has 1 aliphatic carbocycles. The fraction of sp³-hybridized carbons (Fsp3) is 0.667. The zero-order valence-corrected chi connectivity index (χ0v) is 17.9. The molecular formula is C18H25BrN2O7. The maximum absolute atomic E-state index is 12.9. The largest absolute Gasteiger partial charge is 0.459 e. The van der Waals surface area contributed by atoms with Crippen LogP contribution in [0.3, 0.4) is 0 Å². The smallest absolute Gasteiger partial charge is 0.417 e. The molecule has 156 valence electrons. The number of piperidine rings is 2. The Morgan fingerprint density at radius 2 is 2.00 bits per heavy atom. The molecule has 2 heterocycles. The molecule has 1 N–H and O–H groups in total. The van der Waals surface area contributed by atoms with E-state index in [0.717, 1.165) is 4.90 Å². The van der Waals surface area contributed by atoms with E-state index in [2.05, 4.69) is 27.8 Å². The Morgan fingerprint density at radius 3 is 2.54 bits per heavy atom. The predicted octanol–water partition coefficient (Wildman–Crippen LogP) is 2.13. The standard InChI is InChI=1S/C18H25BrN2O7/c1-6-7-26-16(24)20-11-8-10-12(19)14(27-9(2)22)13(11)21(15(10)23)17(25)28-18(3,4)5/h6,10-14H,1,7-8H2,2-5H3,(H,20,24). The maximum Gasteiger partial charge on any atom is 0.417 e. The van der Waals surface area contributed by atoms with Crippen molar-refractivity contribution in [1.82, 2.24) is 10.2 Å². The summed E-state index contributed by atoms with van der Waals surface area (Å²) in [7, 11) is 0. The topological polar surface area (TPSA) is 111 Å². The van der Waals surface area contributed by atoms with Gasteiger partial charge in [-0.15, -0.1) is 0 Å². The Morgan fingerprint density at radius 1 is 1.36 bits per heavy atom. The molecule has 5 atom stereocenters. The van der Waals surface area contributed by atoms with Gasteiger partial charge in [0.2, 0.25) is 5.91 Å². The Hall–Kier alpha value is -2.10. The van der Waals surface area contributed by atoms with E-state index in [-0.39, 0.29) is 13.0 Å². The van der Waals surface area contributed by atoms with Gasteiger partial charge in [-0.05, 0) is 27.2 Å². The molecule has 0 radical (unpaired) electrons. The molecule has 5 unspecified atom stereocenters. The lowest BCUT2D eigenvalue weighted by atomic mass is 9.74. The summed E-state index contributed by atoms with van der Waals surface area (Å²) in [5, 5.41) is 2.65. The number of esters is 1. The van der Waals surface area contributed by atoms with Crippen molar-refractivity contribution in [1.29, 1.82) is 0 Å². The summed E-state index contributed by atoms with van der Waals surface area (Å²) < 4.78 is 15.7. The molecule has 3 aliphatic rings. The lowest BCUT2D eigenvalue weighted by molar-refractivity contribution is -0.170. The Kier molecular flexibility index (Phi) is 6.74. The normalized spacial score (nSPS) is 29.1. The van der Waals surface area contributed by atoms with Crippen molar-refractivity contribution in [2.24, 2.45) is 5.92 Å². The quantitative estimate of drug-likeness (QED) is 0.296. The van der Waals surface area contributed by atoms with Crippen molar-refractivity contribution in [3.05, 3.63) is 12.7 Å². The number of carbonyl (C=O) groups is 4. The number of alkyl carbamates (subject to hydrolysis) is 1. The van der Waals surface area contributed by atoms with E-state index >= 15 is 0 Å². The molecule has 0 aromatic heterocycles. The summed E-state index contributed by atoms with van der Waals surface area (Å²) in [6.07, 6.45) is -0.734. The van der Waals surface area contributed by atoms with E-state index < -0.39 is 58.6 Å². The van der Waals surface area contributed by atoms with Crippen LogP contribution in [0.4, 0.5) is 9.59 Å². The third-order valence-electron chi connectivity index (χ3n) is 4.34. The Balaban J connectivity index is 2.34. The van der Waals surface area contributed by atoms with Crippen molar-refractivity contribution in [2.75, 3.05) is 6.61 Å². The molecule has 3 amide bonds. The van der Waals surface area contributed by atoms with E-state index in [4.69, 9.17) is 14.2 Å². The highest BCUT2D eigenvalue weighted by atomic mass is 79.9. The van der Waals surface area contributed by atoms with Crippen LogP contribution in [0.5, 0.6) is 0 Å². The minimum absolute atomic E-state index is 0.00973. The fourth-order valence-corrected chi connectivity index (χ4v) is 4.26. The number of hydrogen-bond donors (Lipinski definition) is 1. The third-order valence-corrected chi connectivity index (χ3v) is 5.49. The number of hydrogen-bond acceptors (Lipinski definition) is 7. The van der Waals surface area contributed by atoms with Crippen molar-refractivity contribution >= 4 is 40.0 Å². The van der Waals surface area contributed by atoms with Gasteiger partial charge in [-0.3, -0.25) is 9.59 Å². The van der Waals surface area contributed by atoms with E-state index in [1.807, 2.05) is 0 Å². The van der Waals surface area contributed by atoms with Crippen LogP contribution in [0.1, 0.15) is 34.1 Å². The summed E-state index contributed by atoms with van der Waals surface area (Å²) >= 11 is 3.42. The number of halogens is 1. The van der Waals surface area contributed by atoms with Gasteiger partial charge in [0.25, 0.3) is 0 Å². The van der Waals surface area contributed by atoms with Crippen LogP contribution in [0, 0.1) is 5.92 Å². The number of fused-ring (bicyclic) bond motifs is 3. The molecule has 28 heavy (non-hydrogen) atoms. The van der Waals surface area contributed by atoms with E-state index in [1.54, 1.807) is 20.8 Å². The second-order valence-electron chi connectivity index (χ2n) is 7.68. The summed E-state index contributed by atoms with van der Waals surface area (Å²) in [5.74, 6) is -1.69. The molecule has 2 bridgehead atoms. The lowest BCUT2D eigenvalue weighted by Crippen LogP contribution is -2.74. The van der Waals surface area contributed by atoms with Gasteiger partial charge in [0.05, 0.1) is 16.8 Å². The second kappa shape index (κ2) is 8.50. The monoisotopic (exact) mass is 460 g/mol. The van der Waals surface area contributed by atoms with Crippen LogP contribution >= 0.6 is 15.9 Å². The summed E-state index contributed by atoms with van der Waals surface area (Å²) in [6.45, 7) is 9.75. The van der Waals surface area contributed by atoms with Gasteiger partial charge < -0.3 is 19.5 Å². The molecule has 2 aliphatic heterocycles. The van der Waals surface area contributed by atoms with Crippen LogP contribution < -0.4 is 5.32 Å². The third kappa shape index (κ3) is 4.84. The van der Waals surface area contributed by atoms with Crippen molar-refractivity contribution in [3.63, 3.8) is 0 Å². The molecular weight excluding hydrogens is 436 g/mol. The minimum Gasteiger partial charge on any atom is -0.459 e. The van der Waals surface area contributed by atoms with Crippen molar-refractivity contribution < 1.29 is 33.4 Å². The summed E-state index contributed by atoms with van der Waals surface area (Å²) in [6, 6.07) is -1.59. The van der Waals surface area contributed by atoms with Crippen LogP contribution in [0.15, 0.2) is 12.7 Å². The first-order chi connectivity index (χ1) is 13.0. The van der Waals surface area contributed by atoms with Gasteiger partial charge in [-0.25, -0.2) is 14.5 Å². The van der Waals surface area contributed by atoms with Crippen molar-refractivity contribution in [2.45, 2.75) is 62.7 Å². The Bertz CT molecular complexity index is 675. The van der Waals surface area contributed by atoms with Gasteiger partial charge in [-0.2, -0.15) is 0 Å². The molecule has 1 saturated carbocycles. The number of nitrogens with zero attached hydrogens (tertiary/aromatic N) is 1. The fourth-order valence-electron chi connectivity index (χ4n) is 3.40. The van der Waals surface area contributed by atoms with Crippen LogP contribution in [0.2, 0.25) is 0 Å². The van der Waals surface area contributed by atoms with Gasteiger partial charge in [-0.1, -0.05) is 28.6 Å². The van der Waals surface area contributed by atoms with E-state index in [1.165, 1.54) is 13.0 Å². The van der Waals surface area contributed by atoms with Gasteiger partial charge >= 0.3 is 18.2 Å². The van der Waals surface area contributed by atoms with Gasteiger partial charge in [0.15, 0.2) is 0 Å². The van der Waals surface area contributed by atoms with Gasteiger partial charge in [0, 0.05) is 6.92 Å². The number of ether oxygens (including phenoxy) is 3. The van der Waals surface area contributed by atoms with E-state index in [0.29, 0.717) is 0 Å². The molecule has 3 fully saturated rings. The van der Waals surface area contributed by atoms with Gasteiger partial charge in [0.1, 0.15) is 24.4 Å². The molecule has 9 nitrogen and oxygen atoms in total. The van der Waals surface area contributed by atoms with E-state index in [9.17, 15) is 19.2 Å². The first kappa shape index (κ1) is 22.2. The number of nitrogens with one attached hydrogen (secondary N) is 1. The number of carbonyl (C=O) groups excluding carboxylic acids is 4. The SMILES string of the molecule is C=CCOC(=O)NC1CC2C(=O)N(C(=O)OC(C)(C)C)C1C(OC(C)=O)C2Br. The Labute approximate surface area is 171 Å². The first-order valence-corrected chi connectivity index (χ1v) is 9.79. The minimum atomic E-state index is -0.933. The highest BCUT2D eigenvalue weighted by molar-refractivity contribution is 9.09. The molecule has 0 aromatic rings. The number of rotatable bonds is 4. The number of amides is 3. The van der Waals surface area contributed by atoms with Crippen molar-refractivity contribution in [3.8, 4) is 0 Å². The zero-order valence-electron chi connectivity index (χ0n) is 16.3.